The number of rotatable bonds is 3. The Labute approximate surface area is 140 Å². The number of nitro groups is 1. The third-order valence-electron chi connectivity index (χ3n) is 4.41. The molecule has 0 saturated carbocycles. The molecule has 0 spiro atoms. The molecule has 0 aromatic carbocycles. The molecule has 0 unspecified atom stereocenters. The summed E-state index contributed by atoms with van der Waals surface area (Å²) in [5, 5.41) is 11.6. The first-order valence-corrected chi connectivity index (χ1v) is 9.82. The van der Waals surface area contributed by atoms with Crippen LogP contribution in [0.4, 0.5) is 0 Å². The quantitative estimate of drug-likeness (QED) is 0.573. The van der Waals surface area contributed by atoms with Gasteiger partial charge in [-0.05, 0) is 20.8 Å². The maximum atomic E-state index is 11.6. The van der Waals surface area contributed by atoms with Crippen LogP contribution in [0.25, 0.3) is 0 Å². The van der Waals surface area contributed by atoms with Crippen LogP contribution in [-0.4, -0.2) is 74.1 Å². The SMILES string of the molecule is CC(C)(C)N1CC([N+](=O)[O-])=C2N(CC3SCCS3)CCN2C1. The lowest BCUT2D eigenvalue weighted by Crippen LogP contribution is -2.52. The number of nitrogens with zero attached hydrogens (tertiary/aromatic N) is 4. The van der Waals surface area contributed by atoms with Crippen molar-refractivity contribution in [3.8, 4) is 0 Å². The van der Waals surface area contributed by atoms with E-state index in [1.165, 1.54) is 11.5 Å². The molecule has 0 radical (unpaired) electrons. The first kappa shape index (κ1) is 16.3. The van der Waals surface area contributed by atoms with E-state index in [1.54, 1.807) is 0 Å². The Morgan fingerprint density at radius 1 is 1.27 bits per heavy atom. The topological polar surface area (TPSA) is 52.9 Å². The van der Waals surface area contributed by atoms with E-state index in [-0.39, 0.29) is 10.5 Å². The largest absolute Gasteiger partial charge is 0.349 e. The Balaban J connectivity index is 1.83. The van der Waals surface area contributed by atoms with Crippen LogP contribution in [0, 0.1) is 10.1 Å². The number of thioether (sulfide) groups is 2. The van der Waals surface area contributed by atoms with E-state index in [1.807, 2.05) is 23.5 Å². The van der Waals surface area contributed by atoms with Crippen LogP contribution in [-0.2, 0) is 0 Å². The summed E-state index contributed by atoms with van der Waals surface area (Å²) >= 11 is 3.97. The maximum Gasteiger partial charge on any atom is 0.300 e. The van der Waals surface area contributed by atoms with Crippen LogP contribution < -0.4 is 0 Å². The first-order valence-electron chi connectivity index (χ1n) is 7.72. The van der Waals surface area contributed by atoms with Crippen molar-refractivity contribution < 1.29 is 4.92 Å². The van der Waals surface area contributed by atoms with Crippen molar-refractivity contribution in [1.82, 2.24) is 14.7 Å². The van der Waals surface area contributed by atoms with Crippen molar-refractivity contribution in [2.75, 3.05) is 44.4 Å². The van der Waals surface area contributed by atoms with Gasteiger partial charge in [0.15, 0.2) is 5.82 Å². The highest BCUT2D eigenvalue weighted by atomic mass is 32.2. The normalized spacial score (nSPS) is 24.3. The molecular weight excluding hydrogens is 320 g/mol. The van der Waals surface area contributed by atoms with Crippen LogP contribution in [0.1, 0.15) is 20.8 Å². The fourth-order valence-corrected chi connectivity index (χ4v) is 5.95. The molecule has 2 fully saturated rings. The van der Waals surface area contributed by atoms with E-state index in [0.717, 1.165) is 32.1 Å². The lowest BCUT2D eigenvalue weighted by atomic mass is 10.1. The maximum absolute atomic E-state index is 11.6. The van der Waals surface area contributed by atoms with E-state index in [0.29, 0.717) is 16.8 Å². The highest BCUT2D eigenvalue weighted by Gasteiger charge is 2.42. The summed E-state index contributed by atoms with van der Waals surface area (Å²) in [7, 11) is 0. The fourth-order valence-electron chi connectivity index (χ4n) is 3.12. The number of hydrogen-bond acceptors (Lipinski definition) is 7. The molecule has 0 aromatic rings. The minimum atomic E-state index is -0.173. The Bertz CT molecular complexity index is 486. The van der Waals surface area contributed by atoms with Gasteiger partial charge >= 0.3 is 0 Å². The standard InChI is InChI=1S/C14H24N4O2S2/c1-14(2,3)17-8-11(18(19)20)13-15(4-5-16(13)10-17)9-12-21-6-7-22-12/h12H,4-10H2,1-3H3. The Hall–Kier alpha value is -0.600. The predicted molar refractivity (Wildman–Crippen MR) is 92.3 cm³/mol. The summed E-state index contributed by atoms with van der Waals surface area (Å²) in [5.41, 5.74) is 0.309. The van der Waals surface area contributed by atoms with Gasteiger partial charge < -0.3 is 9.80 Å². The highest BCUT2D eigenvalue weighted by Crippen LogP contribution is 2.36. The van der Waals surface area contributed by atoms with Crippen LogP contribution in [0.5, 0.6) is 0 Å². The van der Waals surface area contributed by atoms with Crippen molar-refractivity contribution in [1.29, 1.82) is 0 Å². The summed E-state index contributed by atoms with van der Waals surface area (Å²) in [6, 6.07) is 0. The van der Waals surface area contributed by atoms with Crippen LogP contribution in [0.2, 0.25) is 0 Å². The lowest BCUT2D eigenvalue weighted by Gasteiger charge is -2.41. The molecule has 0 N–H and O–H groups in total. The van der Waals surface area contributed by atoms with Gasteiger partial charge in [0.05, 0.1) is 22.7 Å². The van der Waals surface area contributed by atoms with Crippen molar-refractivity contribution in [2.45, 2.75) is 30.9 Å². The molecule has 0 aromatic heterocycles. The minimum absolute atomic E-state index is 0.0582. The molecule has 124 valence electrons. The van der Waals surface area contributed by atoms with E-state index in [4.69, 9.17) is 0 Å². The molecule has 6 nitrogen and oxygen atoms in total. The first-order chi connectivity index (χ1) is 10.4. The van der Waals surface area contributed by atoms with Crippen molar-refractivity contribution in [3.05, 3.63) is 21.6 Å². The Morgan fingerprint density at radius 2 is 1.95 bits per heavy atom. The zero-order valence-electron chi connectivity index (χ0n) is 13.4. The van der Waals surface area contributed by atoms with Gasteiger partial charge in [0.25, 0.3) is 5.70 Å². The van der Waals surface area contributed by atoms with Gasteiger partial charge in [-0.25, -0.2) is 0 Å². The lowest BCUT2D eigenvalue weighted by molar-refractivity contribution is -0.434. The molecule has 3 aliphatic heterocycles. The van der Waals surface area contributed by atoms with Gasteiger partial charge in [-0.3, -0.25) is 15.0 Å². The number of fused-ring (bicyclic) bond motifs is 1. The van der Waals surface area contributed by atoms with E-state index in [9.17, 15) is 10.1 Å². The third-order valence-corrected chi connectivity index (χ3v) is 7.40. The molecule has 3 rings (SSSR count). The Kier molecular flexibility index (Phi) is 4.53. The summed E-state index contributed by atoms with van der Waals surface area (Å²) in [6.45, 7) is 10.3. The van der Waals surface area contributed by atoms with Crippen molar-refractivity contribution in [3.63, 3.8) is 0 Å². The van der Waals surface area contributed by atoms with E-state index in [2.05, 4.69) is 35.5 Å². The summed E-state index contributed by atoms with van der Waals surface area (Å²) < 4.78 is 0.557. The molecule has 22 heavy (non-hydrogen) atoms. The molecule has 0 aliphatic carbocycles. The van der Waals surface area contributed by atoms with Gasteiger partial charge in [-0.1, -0.05) is 0 Å². The molecule has 3 heterocycles. The van der Waals surface area contributed by atoms with Crippen LogP contribution in [0.3, 0.4) is 0 Å². The van der Waals surface area contributed by atoms with E-state index >= 15 is 0 Å². The molecule has 0 bridgehead atoms. The zero-order chi connectivity index (χ0) is 15.9. The summed E-state index contributed by atoms with van der Waals surface area (Å²) in [6.07, 6.45) is 0. The van der Waals surface area contributed by atoms with Gasteiger partial charge in [-0.2, -0.15) is 0 Å². The minimum Gasteiger partial charge on any atom is -0.349 e. The monoisotopic (exact) mass is 344 g/mol. The average Bonchev–Trinajstić information content (AvgIpc) is 3.07. The predicted octanol–water partition coefficient (Wildman–Crippen LogP) is 1.93. The van der Waals surface area contributed by atoms with Crippen LogP contribution >= 0.6 is 23.5 Å². The molecule has 2 saturated heterocycles. The van der Waals surface area contributed by atoms with Crippen LogP contribution in [0.15, 0.2) is 11.5 Å². The van der Waals surface area contributed by atoms with Gasteiger partial charge in [-0.15, -0.1) is 23.5 Å². The molecule has 0 amide bonds. The second-order valence-electron chi connectivity index (χ2n) is 6.92. The second-order valence-corrected chi connectivity index (χ2v) is 9.84. The number of hydrogen-bond donors (Lipinski definition) is 0. The molecule has 0 atom stereocenters. The molecular formula is C14H24N4O2S2. The smallest absolute Gasteiger partial charge is 0.300 e. The summed E-state index contributed by atoms with van der Waals surface area (Å²) in [4.78, 5) is 18.1. The summed E-state index contributed by atoms with van der Waals surface area (Å²) in [5.74, 6) is 3.27. The van der Waals surface area contributed by atoms with Crippen molar-refractivity contribution in [2.24, 2.45) is 0 Å². The Morgan fingerprint density at radius 3 is 2.55 bits per heavy atom. The zero-order valence-corrected chi connectivity index (χ0v) is 15.1. The molecule has 8 heteroatoms. The highest BCUT2D eigenvalue weighted by molar-refractivity contribution is 8.20. The van der Waals surface area contributed by atoms with Gasteiger partial charge in [0.1, 0.15) is 0 Å². The van der Waals surface area contributed by atoms with Crippen molar-refractivity contribution >= 4 is 23.5 Å². The van der Waals surface area contributed by atoms with Gasteiger partial charge in [0, 0.05) is 36.7 Å². The van der Waals surface area contributed by atoms with Gasteiger partial charge in [0.2, 0.25) is 0 Å². The van der Waals surface area contributed by atoms with E-state index < -0.39 is 0 Å². The average molecular weight is 345 g/mol. The fraction of sp³-hybridized carbons (Fsp3) is 0.857. The molecule has 3 aliphatic rings. The second kappa shape index (κ2) is 6.13. The third kappa shape index (κ3) is 3.19.